The molecule has 0 aliphatic heterocycles. The van der Waals surface area contributed by atoms with Crippen molar-refractivity contribution in [3.63, 3.8) is 0 Å². The SMILES string of the molecule is c1ccc(-c2nc(-c3cccc(-c4cccc(-c5cccc(-c6ncnc7c6oc6ccccc67)c5)c4)c3)c3sc4ccccc4c3n2)cc1. The van der Waals surface area contributed by atoms with E-state index in [-0.39, 0.29) is 0 Å². The highest BCUT2D eigenvalue weighted by Gasteiger charge is 2.18. The van der Waals surface area contributed by atoms with Gasteiger partial charge in [-0.3, -0.25) is 0 Å². The van der Waals surface area contributed by atoms with Gasteiger partial charge in [-0.1, -0.05) is 115 Å². The van der Waals surface area contributed by atoms with Gasteiger partial charge in [0.2, 0.25) is 0 Å². The summed E-state index contributed by atoms with van der Waals surface area (Å²) in [5.74, 6) is 0.729. The van der Waals surface area contributed by atoms with E-state index in [9.17, 15) is 0 Å². The Morgan fingerprint density at radius 2 is 1.02 bits per heavy atom. The van der Waals surface area contributed by atoms with Crippen molar-refractivity contribution < 1.29 is 4.42 Å². The first-order valence-corrected chi connectivity index (χ1v) is 17.3. The molecule has 4 aromatic heterocycles. The topological polar surface area (TPSA) is 64.7 Å². The average Bonchev–Trinajstić information content (AvgIpc) is 3.77. The quantitative estimate of drug-likeness (QED) is 0.184. The summed E-state index contributed by atoms with van der Waals surface area (Å²) in [6, 6.07) is 52.5. The van der Waals surface area contributed by atoms with E-state index in [1.807, 2.05) is 42.5 Å². The lowest BCUT2D eigenvalue weighted by Crippen LogP contribution is -1.93. The second kappa shape index (κ2) is 11.6. The molecule has 0 N–H and O–H groups in total. The summed E-state index contributed by atoms with van der Waals surface area (Å²) in [6.45, 7) is 0. The Hall–Kier alpha value is -6.50. The molecule has 0 saturated heterocycles. The Morgan fingerprint density at radius 3 is 1.76 bits per heavy atom. The predicted molar refractivity (Wildman–Crippen MR) is 205 cm³/mol. The molecule has 6 aromatic carbocycles. The summed E-state index contributed by atoms with van der Waals surface area (Å²) in [4.78, 5) is 19.5. The zero-order chi connectivity index (χ0) is 33.0. The lowest BCUT2D eigenvalue weighted by Gasteiger charge is -2.11. The number of rotatable bonds is 5. The lowest BCUT2D eigenvalue weighted by molar-refractivity contribution is 0.667. The minimum absolute atomic E-state index is 0.698. The van der Waals surface area contributed by atoms with Crippen LogP contribution in [0.1, 0.15) is 0 Å². The number of benzene rings is 6. The Balaban J connectivity index is 1.06. The summed E-state index contributed by atoms with van der Waals surface area (Å²) in [5, 5.41) is 2.14. The molecule has 5 nitrogen and oxygen atoms in total. The first-order valence-electron chi connectivity index (χ1n) is 16.5. The van der Waals surface area contributed by atoms with Crippen molar-refractivity contribution in [3.8, 4) is 56.2 Å². The number of furan rings is 1. The van der Waals surface area contributed by atoms with Gasteiger partial charge < -0.3 is 4.42 Å². The molecule has 0 atom stereocenters. The highest BCUT2D eigenvalue weighted by Crippen LogP contribution is 2.41. The second-order valence-electron chi connectivity index (χ2n) is 12.3. The van der Waals surface area contributed by atoms with E-state index in [1.165, 1.54) is 4.70 Å². The maximum Gasteiger partial charge on any atom is 0.180 e. The van der Waals surface area contributed by atoms with Gasteiger partial charge >= 0.3 is 0 Å². The van der Waals surface area contributed by atoms with Crippen LogP contribution in [0.5, 0.6) is 0 Å². The number of nitrogens with zero attached hydrogens (tertiary/aromatic N) is 4. The van der Waals surface area contributed by atoms with Crippen molar-refractivity contribution in [2.24, 2.45) is 0 Å². The van der Waals surface area contributed by atoms with E-state index in [1.54, 1.807) is 17.7 Å². The fourth-order valence-electron chi connectivity index (χ4n) is 6.80. The fraction of sp³-hybridized carbons (Fsp3) is 0. The second-order valence-corrected chi connectivity index (χ2v) is 13.3. The Morgan fingerprint density at radius 1 is 0.440 bits per heavy atom. The normalized spacial score (nSPS) is 11.6. The minimum atomic E-state index is 0.698. The molecule has 0 amide bonds. The first-order chi connectivity index (χ1) is 24.8. The van der Waals surface area contributed by atoms with Crippen molar-refractivity contribution in [1.82, 2.24) is 19.9 Å². The lowest BCUT2D eigenvalue weighted by atomic mass is 9.96. The standard InChI is InChI=1S/C44H26N4OS/c1-2-11-27(12-3-1)44-47-39(43-41(48-44)35-20-5-7-22-37(35)50-43)33-18-10-16-31(25-33)29-14-8-13-28(23-29)30-15-9-17-32(24-30)38-42-40(46-26-45-38)34-19-4-6-21-36(34)49-42/h1-26H. The van der Waals surface area contributed by atoms with Gasteiger partial charge in [0, 0.05) is 32.2 Å². The Labute approximate surface area is 291 Å². The van der Waals surface area contributed by atoms with Crippen molar-refractivity contribution in [3.05, 3.63) is 158 Å². The Kier molecular flexibility index (Phi) is 6.60. The molecule has 0 radical (unpaired) electrons. The highest BCUT2D eigenvalue weighted by atomic mass is 32.1. The average molecular weight is 659 g/mol. The van der Waals surface area contributed by atoms with Gasteiger partial charge in [-0.15, -0.1) is 11.3 Å². The van der Waals surface area contributed by atoms with E-state index >= 15 is 0 Å². The first kappa shape index (κ1) is 28.5. The van der Waals surface area contributed by atoms with Crippen LogP contribution in [0.2, 0.25) is 0 Å². The number of para-hydroxylation sites is 1. The van der Waals surface area contributed by atoms with E-state index < -0.39 is 0 Å². The minimum Gasteiger partial charge on any atom is -0.452 e. The van der Waals surface area contributed by atoms with Gasteiger partial charge in [-0.2, -0.15) is 0 Å². The third-order valence-electron chi connectivity index (χ3n) is 9.21. The molecule has 0 aliphatic rings. The predicted octanol–water partition coefficient (Wildman–Crippen LogP) is 11.9. The molecule has 50 heavy (non-hydrogen) atoms. The molecule has 0 aliphatic carbocycles. The fourth-order valence-corrected chi connectivity index (χ4v) is 7.96. The summed E-state index contributed by atoms with van der Waals surface area (Å²) in [6.07, 6.45) is 1.62. The molecule has 234 valence electrons. The Bertz CT molecular complexity index is 2890. The van der Waals surface area contributed by atoms with Gasteiger partial charge in [0.05, 0.1) is 15.9 Å². The summed E-state index contributed by atoms with van der Waals surface area (Å²) < 4.78 is 8.55. The van der Waals surface area contributed by atoms with Gasteiger partial charge in [-0.25, -0.2) is 19.9 Å². The van der Waals surface area contributed by atoms with Crippen LogP contribution in [0, 0.1) is 0 Å². The van der Waals surface area contributed by atoms with Crippen LogP contribution >= 0.6 is 11.3 Å². The zero-order valence-corrected chi connectivity index (χ0v) is 27.4. The van der Waals surface area contributed by atoms with Gasteiger partial charge in [0.15, 0.2) is 11.4 Å². The van der Waals surface area contributed by atoms with Crippen LogP contribution in [-0.4, -0.2) is 19.9 Å². The van der Waals surface area contributed by atoms with Gasteiger partial charge in [0.1, 0.15) is 23.1 Å². The molecular weight excluding hydrogens is 633 g/mol. The molecule has 10 aromatic rings. The number of fused-ring (bicyclic) bond motifs is 6. The zero-order valence-electron chi connectivity index (χ0n) is 26.6. The van der Waals surface area contributed by atoms with Crippen LogP contribution in [0.25, 0.3) is 98.5 Å². The van der Waals surface area contributed by atoms with Crippen LogP contribution < -0.4 is 0 Å². The van der Waals surface area contributed by atoms with Gasteiger partial charge in [-0.05, 0) is 58.7 Å². The molecule has 0 spiro atoms. The van der Waals surface area contributed by atoms with Crippen molar-refractivity contribution in [1.29, 1.82) is 0 Å². The van der Waals surface area contributed by atoms with Crippen molar-refractivity contribution >= 4 is 53.7 Å². The number of thiophene rings is 1. The summed E-state index contributed by atoms with van der Waals surface area (Å²) >= 11 is 1.75. The smallest absolute Gasteiger partial charge is 0.180 e. The number of hydrogen-bond donors (Lipinski definition) is 0. The van der Waals surface area contributed by atoms with Crippen LogP contribution in [-0.2, 0) is 0 Å². The molecule has 0 bridgehead atoms. The molecule has 6 heteroatoms. The highest BCUT2D eigenvalue weighted by molar-refractivity contribution is 7.26. The molecule has 10 rings (SSSR count). The molecule has 4 heterocycles. The number of hydrogen-bond acceptors (Lipinski definition) is 6. The van der Waals surface area contributed by atoms with E-state index in [0.717, 1.165) is 88.2 Å². The van der Waals surface area contributed by atoms with Gasteiger partial charge in [0.25, 0.3) is 0 Å². The molecule has 0 saturated carbocycles. The van der Waals surface area contributed by atoms with Crippen LogP contribution in [0.3, 0.4) is 0 Å². The maximum atomic E-state index is 6.25. The summed E-state index contributed by atoms with van der Waals surface area (Å²) in [5.41, 5.74) is 12.5. The largest absolute Gasteiger partial charge is 0.452 e. The monoisotopic (exact) mass is 658 g/mol. The maximum absolute atomic E-state index is 6.25. The third kappa shape index (κ3) is 4.77. The third-order valence-corrected chi connectivity index (χ3v) is 10.4. The molecule has 0 fully saturated rings. The molecule has 0 unspecified atom stereocenters. The summed E-state index contributed by atoms with van der Waals surface area (Å²) in [7, 11) is 0. The molecular formula is C44H26N4OS. The van der Waals surface area contributed by atoms with Crippen molar-refractivity contribution in [2.45, 2.75) is 0 Å². The van der Waals surface area contributed by atoms with E-state index in [4.69, 9.17) is 14.4 Å². The van der Waals surface area contributed by atoms with E-state index in [2.05, 4.69) is 119 Å². The van der Waals surface area contributed by atoms with Crippen LogP contribution in [0.4, 0.5) is 0 Å². The van der Waals surface area contributed by atoms with Crippen LogP contribution in [0.15, 0.2) is 162 Å². The number of aromatic nitrogens is 4. The van der Waals surface area contributed by atoms with Crippen molar-refractivity contribution in [2.75, 3.05) is 0 Å². The van der Waals surface area contributed by atoms with E-state index in [0.29, 0.717) is 5.58 Å².